The number of rotatable bonds is 8. The minimum Gasteiger partial charge on any atom is -0.385 e. The van der Waals surface area contributed by atoms with Crippen molar-refractivity contribution < 1.29 is 0 Å². The van der Waals surface area contributed by atoms with E-state index >= 15 is 0 Å². The van der Waals surface area contributed by atoms with Gasteiger partial charge in [0.05, 0.1) is 0 Å². The molecule has 2 N–H and O–H groups in total. The Kier molecular flexibility index (Phi) is 6.91. The van der Waals surface area contributed by atoms with Crippen LogP contribution in [0.4, 0.5) is 11.4 Å². The zero-order chi connectivity index (χ0) is 30.9. The van der Waals surface area contributed by atoms with Crippen LogP contribution in [0.3, 0.4) is 0 Å². The number of nitrogens with one attached hydrogen (secondary N) is 2. The first kappa shape index (κ1) is 28.7. The summed E-state index contributed by atoms with van der Waals surface area (Å²) in [6.45, 7) is 2.06. The van der Waals surface area contributed by atoms with Gasteiger partial charge in [0, 0.05) is 56.1 Å². The van der Waals surface area contributed by atoms with Crippen LogP contribution >= 0.6 is 23.2 Å². The van der Waals surface area contributed by atoms with Crippen LogP contribution in [0, 0.1) is 22.7 Å². The Morgan fingerprint density at radius 3 is 1.39 bits per heavy atom. The number of hydrogen-bond donors (Lipinski definition) is 2. The molecule has 4 saturated carbocycles. The SMILES string of the molecule is Clc1cccc2cc3cccc(NCCC45CC6CC(C4)CC(CCNc4cccc7cc8cccc(Cl)c8cc47)(C6)C5)c3cc12. The van der Waals surface area contributed by atoms with E-state index in [0.717, 1.165) is 45.7 Å². The molecule has 6 aromatic carbocycles. The van der Waals surface area contributed by atoms with Gasteiger partial charge in [0.1, 0.15) is 0 Å². The highest BCUT2D eigenvalue weighted by Gasteiger charge is 2.56. The van der Waals surface area contributed by atoms with Gasteiger partial charge in [-0.05, 0) is 144 Å². The molecule has 0 aliphatic heterocycles. The fraction of sp³-hybridized carbons (Fsp3) is 0.333. The molecule has 0 radical (unpaired) electrons. The molecule has 2 nitrogen and oxygen atoms in total. The summed E-state index contributed by atoms with van der Waals surface area (Å²) in [5, 5.41) is 19.1. The smallest absolute Gasteiger partial charge is 0.0484 e. The number of fused-ring (bicyclic) bond motifs is 4. The molecule has 0 heterocycles. The van der Waals surface area contributed by atoms with E-state index in [9.17, 15) is 0 Å². The van der Waals surface area contributed by atoms with Gasteiger partial charge in [-0.3, -0.25) is 0 Å². The largest absolute Gasteiger partial charge is 0.385 e. The summed E-state index contributed by atoms with van der Waals surface area (Å²) in [5.41, 5.74) is 3.42. The van der Waals surface area contributed by atoms with Crippen LogP contribution in [0.25, 0.3) is 43.1 Å². The van der Waals surface area contributed by atoms with Crippen molar-refractivity contribution in [3.05, 3.63) is 107 Å². The average molecular weight is 644 g/mol. The third-order valence-electron chi connectivity index (χ3n) is 11.9. The second kappa shape index (κ2) is 11.1. The van der Waals surface area contributed by atoms with Gasteiger partial charge in [0.2, 0.25) is 0 Å². The summed E-state index contributed by atoms with van der Waals surface area (Å²) >= 11 is 13.2. The van der Waals surface area contributed by atoms with Crippen LogP contribution in [-0.4, -0.2) is 13.1 Å². The van der Waals surface area contributed by atoms with Gasteiger partial charge in [0.25, 0.3) is 0 Å². The average Bonchev–Trinajstić information content (AvgIpc) is 3.03. The number of halogens is 2. The lowest BCUT2D eigenvalue weighted by molar-refractivity contribution is -0.114. The van der Waals surface area contributed by atoms with Gasteiger partial charge in [-0.25, -0.2) is 0 Å². The highest BCUT2D eigenvalue weighted by molar-refractivity contribution is 6.36. The van der Waals surface area contributed by atoms with Crippen LogP contribution < -0.4 is 10.6 Å². The zero-order valence-electron chi connectivity index (χ0n) is 26.2. The molecule has 232 valence electrons. The first-order chi connectivity index (χ1) is 22.4. The van der Waals surface area contributed by atoms with Crippen molar-refractivity contribution in [1.29, 1.82) is 0 Å². The summed E-state index contributed by atoms with van der Waals surface area (Å²) in [6, 6.07) is 34.7. The van der Waals surface area contributed by atoms with Gasteiger partial charge in [-0.15, -0.1) is 0 Å². The molecule has 0 saturated heterocycles. The number of benzene rings is 6. The Morgan fingerprint density at radius 1 is 0.522 bits per heavy atom. The third-order valence-corrected chi connectivity index (χ3v) is 12.6. The summed E-state index contributed by atoms with van der Waals surface area (Å²) in [5.74, 6) is 1.80. The maximum absolute atomic E-state index is 6.60. The van der Waals surface area contributed by atoms with Crippen molar-refractivity contribution in [2.75, 3.05) is 23.7 Å². The number of anilines is 2. The fourth-order valence-electron chi connectivity index (χ4n) is 10.5. The van der Waals surface area contributed by atoms with E-state index < -0.39 is 0 Å². The maximum atomic E-state index is 6.60. The molecular weight excluding hydrogens is 603 g/mol. The van der Waals surface area contributed by atoms with Crippen LogP contribution in [0.1, 0.15) is 51.4 Å². The Balaban J connectivity index is 0.910. The summed E-state index contributed by atoms with van der Waals surface area (Å²) in [4.78, 5) is 0. The Hall–Kier alpha value is -3.46. The highest BCUT2D eigenvalue weighted by atomic mass is 35.5. The molecule has 6 aromatic rings. The Morgan fingerprint density at radius 2 is 0.935 bits per heavy atom. The lowest BCUT2D eigenvalue weighted by Crippen LogP contribution is -2.52. The van der Waals surface area contributed by atoms with E-state index in [0.29, 0.717) is 10.8 Å². The Labute approximate surface area is 281 Å². The van der Waals surface area contributed by atoms with Crippen LogP contribution in [0.5, 0.6) is 0 Å². The maximum Gasteiger partial charge on any atom is 0.0484 e. The van der Waals surface area contributed by atoms with Crippen molar-refractivity contribution >= 4 is 77.7 Å². The summed E-state index contributed by atoms with van der Waals surface area (Å²) < 4.78 is 0. The molecule has 4 heteroatoms. The first-order valence-electron chi connectivity index (χ1n) is 17.1. The first-order valence-corrected chi connectivity index (χ1v) is 17.9. The van der Waals surface area contributed by atoms with E-state index in [1.165, 1.54) is 95.1 Å². The van der Waals surface area contributed by atoms with Crippen LogP contribution in [-0.2, 0) is 0 Å². The molecule has 10 rings (SSSR count). The van der Waals surface area contributed by atoms with Crippen LogP contribution in [0.15, 0.2) is 97.1 Å². The molecule has 46 heavy (non-hydrogen) atoms. The van der Waals surface area contributed by atoms with E-state index in [4.69, 9.17) is 23.2 Å². The van der Waals surface area contributed by atoms with E-state index in [-0.39, 0.29) is 0 Å². The van der Waals surface area contributed by atoms with Gasteiger partial charge >= 0.3 is 0 Å². The fourth-order valence-corrected chi connectivity index (χ4v) is 11.0. The zero-order valence-corrected chi connectivity index (χ0v) is 27.7. The molecule has 0 atom stereocenters. The lowest BCUT2D eigenvalue weighted by Gasteiger charge is -2.63. The highest BCUT2D eigenvalue weighted by Crippen LogP contribution is 2.67. The number of hydrogen-bond acceptors (Lipinski definition) is 2. The minimum absolute atomic E-state index is 0.479. The third kappa shape index (κ3) is 5.00. The quantitative estimate of drug-likeness (QED) is 0.161. The Bertz CT molecular complexity index is 1970. The van der Waals surface area contributed by atoms with Gasteiger partial charge < -0.3 is 10.6 Å². The van der Waals surface area contributed by atoms with Crippen molar-refractivity contribution in [3.8, 4) is 0 Å². The molecular formula is C42H40Cl2N2. The van der Waals surface area contributed by atoms with Crippen molar-refractivity contribution in [2.45, 2.75) is 51.4 Å². The molecule has 4 fully saturated rings. The van der Waals surface area contributed by atoms with Gasteiger partial charge in [-0.2, -0.15) is 0 Å². The molecule has 4 aliphatic rings. The van der Waals surface area contributed by atoms with Crippen LogP contribution in [0.2, 0.25) is 10.0 Å². The predicted octanol–water partition coefficient (Wildman–Crippen LogP) is 12.5. The standard InChI is InChI=1S/C42H40Cl2N2/c43-37-9-1-5-29-18-31-7-3-11-39(35(31)20-33(29)37)45-15-13-41-22-27-17-28(23-41)25-42(24-27,26-41)14-16-46-40-12-4-8-32-19-30-6-2-10-38(44)34(30)21-36(32)40/h1-12,18-21,27-28,45-46H,13-17,22-26H2. The van der Waals surface area contributed by atoms with E-state index in [1.807, 2.05) is 24.3 Å². The normalized spacial score (nSPS) is 25.2. The minimum atomic E-state index is 0.479. The molecule has 0 spiro atoms. The second-order valence-electron chi connectivity index (χ2n) is 15.0. The monoisotopic (exact) mass is 642 g/mol. The molecule has 4 bridgehead atoms. The molecule has 0 aromatic heterocycles. The summed E-state index contributed by atoms with van der Waals surface area (Å²) in [7, 11) is 0. The molecule has 4 aliphatic carbocycles. The van der Waals surface area contributed by atoms with Gasteiger partial charge in [-0.1, -0.05) is 71.7 Å². The topological polar surface area (TPSA) is 24.1 Å². The predicted molar refractivity (Wildman–Crippen MR) is 199 cm³/mol. The molecule has 0 amide bonds. The van der Waals surface area contributed by atoms with Gasteiger partial charge in [0.15, 0.2) is 0 Å². The molecule has 0 unspecified atom stereocenters. The lowest BCUT2D eigenvalue weighted by atomic mass is 9.43. The van der Waals surface area contributed by atoms with E-state index in [2.05, 4.69) is 83.4 Å². The second-order valence-corrected chi connectivity index (χ2v) is 15.8. The van der Waals surface area contributed by atoms with Crippen molar-refractivity contribution in [1.82, 2.24) is 0 Å². The summed E-state index contributed by atoms with van der Waals surface area (Å²) in [6.07, 6.45) is 11.1. The van der Waals surface area contributed by atoms with Crippen molar-refractivity contribution in [2.24, 2.45) is 22.7 Å². The van der Waals surface area contributed by atoms with Crippen molar-refractivity contribution in [3.63, 3.8) is 0 Å². The van der Waals surface area contributed by atoms with E-state index in [1.54, 1.807) is 0 Å².